The van der Waals surface area contributed by atoms with Crippen LogP contribution in [0, 0.1) is 19.8 Å². The Morgan fingerprint density at radius 3 is 2.50 bits per heavy atom. The topological polar surface area (TPSA) is 80.7 Å². The van der Waals surface area contributed by atoms with Gasteiger partial charge in [-0.1, -0.05) is 49.8 Å². The second-order valence-electron chi connectivity index (χ2n) is 7.85. The van der Waals surface area contributed by atoms with E-state index in [1.165, 1.54) is 56.2 Å². The maximum atomic E-state index is 12.9. The summed E-state index contributed by atoms with van der Waals surface area (Å²) < 4.78 is 18.0. The van der Waals surface area contributed by atoms with E-state index in [2.05, 4.69) is 19.1 Å². The lowest BCUT2D eigenvalue weighted by atomic mass is 9.83. The average Bonchev–Trinajstić information content (AvgIpc) is 2.61. The highest BCUT2D eigenvalue weighted by Gasteiger charge is 2.24. The molecule has 0 heterocycles. The fourth-order valence-electron chi connectivity index (χ4n) is 4.01. The summed E-state index contributed by atoms with van der Waals surface area (Å²) in [6.07, 6.45) is 8.14. The van der Waals surface area contributed by atoms with Gasteiger partial charge in [-0.3, -0.25) is 14.2 Å². The molecule has 1 N–H and O–H groups in total. The Kier molecular flexibility index (Phi) is 8.21. The van der Waals surface area contributed by atoms with Crippen molar-refractivity contribution in [2.45, 2.75) is 58.8 Å². The Morgan fingerprint density at radius 2 is 1.89 bits per heavy atom. The third kappa shape index (κ3) is 6.72. The number of aryl methyl sites for hydroxylation is 2. The first-order valence-corrected chi connectivity index (χ1v) is 11.8. The zero-order valence-corrected chi connectivity index (χ0v) is 18.0. The van der Waals surface area contributed by atoms with E-state index in [0.717, 1.165) is 17.5 Å². The molecular formula is C22H31O5P. The van der Waals surface area contributed by atoms with Gasteiger partial charge in [0, 0.05) is 12.9 Å². The van der Waals surface area contributed by atoms with Gasteiger partial charge in [-0.25, -0.2) is 0 Å². The van der Waals surface area contributed by atoms with E-state index in [9.17, 15) is 14.2 Å². The van der Waals surface area contributed by atoms with Crippen molar-refractivity contribution in [3.05, 3.63) is 40.2 Å². The molecule has 0 aliphatic heterocycles. The summed E-state index contributed by atoms with van der Waals surface area (Å²) in [6, 6.07) is 4.28. The largest absolute Gasteiger partial charge is 0.481 e. The van der Waals surface area contributed by atoms with E-state index in [4.69, 9.17) is 9.63 Å². The second-order valence-corrected chi connectivity index (χ2v) is 10.3. The van der Waals surface area contributed by atoms with Crippen LogP contribution >= 0.6 is 7.37 Å². The minimum absolute atomic E-state index is 0.394. The summed E-state index contributed by atoms with van der Waals surface area (Å²) in [7, 11) is -2.07. The Hall–Kier alpha value is -1.71. The molecule has 1 aromatic carbocycles. The normalized spacial score (nSPS) is 17.5. The minimum atomic E-state index is -3.37. The van der Waals surface area contributed by atoms with Crippen LogP contribution < -0.4 is 0 Å². The van der Waals surface area contributed by atoms with Gasteiger partial charge in [0.15, 0.2) is 5.78 Å². The molecule has 0 saturated heterocycles. The van der Waals surface area contributed by atoms with Gasteiger partial charge in [0.05, 0.1) is 6.16 Å². The number of rotatable bonds is 9. The molecule has 0 amide bonds. The summed E-state index contributed by atoms with van der Waals surface area (Å²) in [5, 5.41) is 8.75. The Morgan fingerprint density at radius 1 is 1.21 bits per heavy atom. The van der Waals surface area contributed by atoms with Crippen LogP contribution in [0.1, 0.15) is 60.8 Å². The van der Waals surface area contributed by atoms with Crippen LogP contribution in [-0.2, 0) is 25.1 Å². The van der Waals surface area contributed by atoms with Crippen molar-refractivity contribution >= 4 is 25.2 Å². The first-order chi connectivity index (χ1) is 13.2. The number of Topliss-reactive ketones (excluding diaryl/α,β-unsaturated/α-hetero) is 1. The standard InChI is InChI=1S/C22H31O5P/c1-16-11-17(2)21(19(12-16)13-18-7-5-4-6-8-18)9-10-28(26,27-3)15-20(23)14-22(24)25/h9-12,18H,4-8,13-15H2,1-3H3,(H,24,25). The highest BCUT2D eigenvalue weighted by Crippen LogP contribution is 2.48. The fraction of sp³-hybridized carbons (Fsp3) is 0.545. The molecule has 6 heteroatoms. The van der Waals surface area contributed by atoms with Gasteiger partial charge in [-0.05, 0) is 49.0 Å². The van der Waals surface area contributed by atoms with Crippen molar-refractivity contribution in [2.75, 3.05) is 13.3 Å². The zero-order valence-electron chi connectivity index (χ0n) is 17.1. The molecule has 5 nitrogen and oxygen atoms in total. The molecule has 1 unspecified atom stereocenters. The van der Waals surface area contributed by atoms with Gasteiger partial charge in [0.25, 0.3) is 0 Å². The highest BCUT2D eigenvalue weighted by molar-refractivity contribution is 7.63. The van der Waals surface area contributed by atoms with Crippen LogP contribution in [0.3, 0.4) is 0 Å². The van der Waals surface area contributed by atoms with Crippen LogP contribution in [-0.4, -0.2) is 30.1 Å². The van der Waals surface area contributed by atoms with Crippen LogP contribution in [0.4, 0.5) is 0 Å². The second kappa shape index (κ2) is 10.2. The Labute approximate surface area is 167 Å². The van der Waals surface area contributed by atoms with Crippen molar-refractivity contribution in [2.24, 2.45) is 5.92 Å². The molecular weight excluding hydrogens is 375 g/mol. The molecule has 1 aliphatic rings. The van der Waals surface area contributed by atoms with Gasteiger partial charge in [-0.2, -0.15) is 0 Å². The van der Waals surface area contributed by atoms with E-state index in [0.29, 0.717) is 5.92 Å². The lowest BCUT2D eigenvalue weighted by Crippen LogP contribution is -2.11. The number of carboxylic acid groups (broad SMARTS) is 1. The summed E-state index contributed by atoms with van der Waals surface area (Å²) in [5.41, 5.74) is 4.56. The highest BCUT2D eigenvalue weighted by atomic mass is 31.2. The quantitative estimate of drug-likeness (QED) is 0.441. The van der Waals surface area contributed by atoms with Gasteiger partial charge >= 0.3 is 5.97 Å². The predicted molar refractivity (Wildman–Crippen MR) is 112 cm³/mol. The van der Waals surface area contributed by atoms with Crippen LogP contribution in [0.15, 0.2) is 17.9 Å². The molecule has 0 spiro atoms. The van der Waals surface area contributed by atoms with E-state index < -0.39 is 31.7 Å². The van der Waals surface area contributed by atoms with Crippen molar-refractivity contribution in [1.29, 1.82) is 0 Å². The van der Waals surface area contributed by atoms with Gasteiger partial charge in [0.1, 0.15) is 6.42 Å². The minimum Gasteiger partial charge on any atom is -0.481 e. The van der Waals surface area contributed by atoms with Gasteiger partial charge < -0.3 is 9.63 Å². The number of hydrogen-bond donors (Lipinski definition) is 1. The number of aliphatic carboxylic acids is 1. The molecule has 28 heavy (non-hydrogen) atoms. The number of carboxylic acids is 1. The third-order valence-corrected chi connectivity index (χ3v) is 7.39. The smallest absolute Gasteiger partial charge is 0.310 e. The number of hydrogen-bond acceptors (Lipinski definition) is 4. The number of carbonyl (C=O) groups excluding carboxylic acids is 1. The molecule has 1 aliphatic carbocycles. The van der Waals surface area contributed by atoms with E-state index in [1.54, 1.807) is 6.08 Å². The zero-order chi connectivity index (χ0) is 20.7. The van der Waals surface area contributed by atoms with Crippen LogP contribution in [0.5, 0.6) is 0 Å². The molecule has 0 radical (unpaired) electrons. The number of ketones is 1. The SMILES string of the molecule is COP(=O)(C=Cc1c(C)cc(C)cc1CC1CCCCC1)CC(=O)CC(=O)O. The molecule has 1 saturated carbocycles. The predicted octanol–water partition coefficient (Wildman–Crippen LogP) is 5.37. The van der Waals surface area contributed by atoms with Crippen LogP contribution in [0.25, 0.3) is 6.08 Å². The Bertz CT molecular complexity index is 790. The first kappa shape index (κ1) is 22.6. The fourth-order valence-corrected chi connectivity index (χ4v) is 5.35. The summed E-state index contributed by atoms with van der Waals surface area (Å²) in [6.45, 7) is 4.11. The molecule has 154 valence electrons. The first-order valence-electron chi connectivity index (χ1n) is 9.90. The molecule has 1 aromatic rings. The lowest BCUT2D eigenvalue weighted by Gasteiger charge is -2.23. The van der Waals surface area contributed by atoms with Gasteiger partial charge in [0.2, 0.25) is 7.37 Å². The third-order valence-electron chi connectivity index (χ3n) is 5.37. The lowest BCUT2D eigenvalue weighted by molar-refractivity contribution is -0.139. The molecule has 2 rings (SSSR count). The monoisotopic (exact) mass is 406 g/mol. The number of carbonyl (C=O) groups is 2. The summed E-state index contributed by atoms with van der Waals surface area (Å²) >= 11 is 0. The molecule has 0 aromatic heterocycles. The van der Waals surface area contributed by atoms with Crippen molar-refractivity contribution < 1.29 is 23.8 Å². The number of benzene rings is 1. The molecule has 1 fully saturated rings. The van der Waals surface area contributed by atoms with E-state index in [-0.39, 0.29) is 0 Å². The van der Waals surface area contributed by atoms with Gasteiger partial charge in [-0.15, -0.1) is 0 Å². The molecule has 1 atom stereocenters. The summed E-state index contributed by atoms with van der Waals surface area (Å²) in [5.74, 6) is 0.328. The molecule has 0 bridgehead atoms. The van der Waals surface area contributed by atoms with Crippen LogP contribution in [0.2, 0.25) is 0 Å². The van der Waals surface area contributed by atoms with Crippen molar-refractivity contribution in [1.82, 2.24) is 0 Å². The van der Waals surface area contributed by atoms with Crippen molar-refractivity contribution in [3.8, 4) is 0 Å². The Balaban J connectivity index is 2.25. The van der Waals surface area contributed by atoms with E-state index in [1.807, 2.05) is 6.92 Å². The summed E-state index contributed by atoms with van der Waals surface area (Å²) in [4.78, 5) is 22.5. The maximum absolute atomic E-state index is 12.9. The average molecular weight is 406 g/mol. The van der Waals surface area contributed by atoms with Crippen molar-refractivity contribution in [3.63, 3.8) is 0 Å². The van der Waals surface area contributed by atoms with E-state index >= 15 is 0 Å². The maximum Gasteiger partial charge on any atom is 0.310 e.